The van der Waals surface area contributed by atoms with Gasteiger partial charge in [-0.2, -0.15) is 20.3 Å². The van der Waals surface area contributed by atoms with Crippen LogP contribution in [-0.4, -0.2) is 55.2 Å². The third-order valence-electron chi connectivity index (χ3n) is 5.92. The van der Waals surface area contributed by atoms with Gasteiger partial charge >= 0.3 is 0 Å². The van der Waals surface area contributed by atoms with Gasteiger partial charge in [-0.1, -0.05) is 0 Å². The Hall–Kier alpha value is -3.19. The van der Waals surface area contributed by atoms with Crippen molar-refractivity contribution in [2.75, 3.05) is 17.2 Å². The van der Waals surface area contributed by atoms with Crippen LogP contribution in [0.5, 0.6) is 0 Å². The lowest BCUT2D eigenvalue weighted by atomic mass is 9.97. The van der Waals surface area contributed by atoms with E-state index in [4.69, 9.17) is 16.4 Å². The minimum atomic E-state index is 0.161. The summed E-state index contributed by atoms with van der Waals surface area (Å²) in [6, 6.07) is 3.57. The summed E-state index contributed by atoms with van der Waals surface area (Å²) in [6.45, 7) is 2.60. The molecule has 0 spiro atoms. The van der Waals surface area contributed by atoms with Crippen molar-refractivity contribution in [3.8, 4) is 6.07 Å². The summed E-state index contributed by atoms with van der Waals surface area (Å²) in [5, 5.41) is 28.6. The van der Waals surface area contributed by atoms with Crippen LogP contribution < -0.4 is 16.4 Å². The maximum Gasteiger partial charge on any atom is 0.226 e. The van der Waals surface area contributed by atoms with Crippen LogP contribution in [0.4, 0.5) is 11.8 Å². The second-order valence-electron chi connectivity index (χ2n) is 8.17. The van der Waals surface area contributed by atoms with Crippen molar-refractivity contribution in [1.29, 1.82) is 10.7 Å². The van der Waals surface area contributed by atoms with Crippen LogP contribution in [0.1, 0.15) is 39.0 Å². The Morgan fingerprint density at radius 3 is 2.77 bits per heavy atom. The lowest BCUT2D eigenvalue weighted by molar-refractivity contribution is 0.135. The second kappa shape index (κ2) is 8.28. The zero-order valence-electron chi connectivity index (χ0n) is 17.4. The summed E-state index contributed by atoms with van der Waals surface area (Å²) in [5.41, 5.74) is 6.93. The molecule has 0 saturated carbocycles. The summed E-state index contributed by atoms with van der Waals surface area (Å²) in [7, 11) is 1.84. The first-order valence-electron chi connectivity index (χ1n) is 10.3. The molecule has 2 bridgehead atoms. The molecule has 2 fully saturated rings. The zero-order valence-corrected chi connectivity index (χ0v) is 17.4. The maximum atomic E-state index is 8.92. The summed E-state index contributed by atoms with van der Waals surface area (Å²) < 4.78 is 1.70. The van der Waals surface area contributed by atoms with Crippen LogP contribution in [0, 0.1) is 16.7 Å². The molecule has 0 aliphatic carbocycles. The number of nitrogens with one attached hydrogen (secondary N) is 3. The number of nitrogens with two attached hydrogens (primary N) is 1. The van der Waals surface area contributed by atoms with E-state index in [2.05, 4.69) is 36.7 Å². The molecule has 0 aromatic carbocycles. The first-order chi connectivity index (χ1) is 14.4. The zero-order chi connectivity index (χ0) is 21.3. The van der Waals surface area contributed by atoms with Crippen molar-refractivity contribution in [3.63, 3.8) is 0 Å². The van der Waals surface area contributed by atoms with Gasteiger partial charge in [0, 0.05) is 43.8 Å². The lowest BCUT2D eigenvalue weighted by Crippen LogP contribution is -2.47. The number of anilines is 2. The van der Waals surface area contributed by atoms with Crippen molar-refractivity contribution >= 4 is 28.6 Å². The van der Waals surface area contributed by atoms with E-state index in [1.165, 1.54) is 12.8 Å². The molecule has 30 heavy (non-hydrogen) atoms. The van der Waals surface area contributed by atoms with Crippen molar-refractivity contribution in [3.05, 3.63) is 18.0 Å². The Kier molecular flexibility index (Phi) is 5.55. The minimum absolute atomic E-state index is 0.161. The largest absolute Gasteiger partial charge is 0.402 e. The van der Waals surface area contributed by atoms with Crippen molar-refractivity contribution in [2.24, 2.45) is 12.8 Å². The molecule has 3 atom stereocenters. The normalized spacial score (nSPS) is 24.0. The number of rotatable bonds is 6. The molecule has 5 N–H and O–H groups in total. The molecule has 2 saturated heterocycles. The smallest absolute Gasteiger partial charge is 0.226 e. The Balaban J connectivity index is 1.54. The van der Waals surface area contributed by atoms with E-state index in [9.17, 15) is 0 Å². The van der Waals surface area contributed by atoms with E-state index in [-0.39, 0.29) is 11.9 Å². The predicted octanol–water partition coefficient (Wildman–Crippen LogP) is 1.94. The third kappa shape index (κ3) is 4.07. The molecule has 4 heterocycles. The molecule has 2 aliphatic heterocycles. The molecular formula is C20H28N10. The summed E-state index contributed by atoms with van der Waals surface area (Å²) in [5.74, 6) is 1.23. The molecule has 2 aromatic rings. The van der Waals surface area contributed by atoms with Gasteiger partial charge in [0.15, 0.2) is 5.65 Å². The van der Waals surface area contributed by atoms with Gasteiger partial charge in [0.1, 0.15) is 11.7 Å². The predicted molar refractivity (Wildman–Crippen MR) is 116 cm³/mol. The Morgan fingerprint density at radius 2 is 2.10 bits per heavy atom. The van der Waals surface area contributed by atoms with Gasteiger partial charge in [0.05, 0.1) is 17.7 Å². The Labute approximate surface area is 175 Å². The average molecular weight is 409 g/mol. The van der Waals surface area contributed by atoms with E-state index in [1.807, 2.05) is 7.05 Å². The molecule has 4 rings (SSSR count). The molecule has 158 valence electrons. The van der Waals surface area contributed by atoms with Gasteiger partial charge in [-0.05, 0) is 38.7 Å². The number of aromatic nitrogens is 4. The molecule has 10 nitrogen and oxygen atoms in total. The van der Waals surface area contributed by atoms with Crippen LogP contribution >= 0.6 is 0 Å². The number of nitrogens with zero attached hydrogens (tertiary/aromatic N) is 6. The molecule has 0 amide bonds. The van der Waals surface area contributed by atoms with Crippen LogP contribution in [-0.2, 0) is 7.05 Å². The fraction of sp³-hybridized carbons (Fsp3) is 0.550. The molecule has 2 aliphatic rings. The monoisotopic (exact) mass is 408 g/mol. The van der Waals surface area contributed by atoms with E-state index in [0.717, 1.165) is 24.8 Å². The second-order valence-corrected chi connectivity index (χ2v) is 8.17. The van der Waals surface area contributed by atoms with Crippen molar-refractivity contribution in [2.45, 2.75) is 57.2 Å². The van der Waals surface area contributed by atoms with Crippen molar-refractivity contribution in [1.82, 2.24) is 24.6 Å². The van der Waals surface area contributed by atoms with Gasteiger partial charge in [0.25, 0.3) is 0 Å². The first-order valence-corrected chi connectivity index (χ1v) is 10.3. The summed E-state index contributed by atoms with van der Waals surface area (Å²) in [6.07, 6.45) is 8.23. The number of piperidine rings is 1. The quantitative estimate of drug-likeness (QED) is 0.419. The Morgan fingerprint density at radius 1 is 1.37 bits per heavy atom. The molecule has 0 unspecified atom stereocenters. The van der Waals surface area contributed by atoms with Gasteiger partial charge in [-0.15, -0.1) is 0 Å². The van der Waals surface area contributed by atoms with E-state index in [1.54, 1.807) is 23.9 Å². The first kappa shape index (κ1) is 20.1. The van der Waals surface area contributed by atoms with Crippen LogP contribution in [0.3, 0.4) is 0 Å². The maximum absolute atomic E-state index is 8.92. The highest BCUT2D eigenvalue weighted by Crippen LogP contribution is 2.36. The number of allylic oxidation sites excluding steroid dienone is 1. The topological polar surface area (TPSA) is 145 Å². The lowest BCUT2D eigenvalue weighted by Gasteiger charge is -2.38. The number of fused-ring (bicyclic) bond motifs is 3. The average Bonchev–Trinajstić information content (AvgIpc) is 3.16. The highest BCUT2D eigenvalue weighted by Gasteiger charge is 2.40. The van der Waals surface area contributed by atoms with Crippen LogP contribution in [0.25, 0.3) is 11.0 Å². The highest BCUT2D eigenvalue weighted by atomic mass is 15.3. The van der Waals surface area contributed by atoms with Crippen molar-refractivity contribution < 1.29 is 0 Å². The van der Waals surface area contributed by atoms with Gasteiger partial charge in [-0.3, -0.25) is 15.0 Å². The standard InChI is InChI=1S/C20H28N10/c1-12(22)8-17(23)26-18-16-11-24-29(2)19(16)28-20(27-18)25-13-9-14-4-5-15(10-13)30(14)7-3-6-21/h8,11,13-15H,3-5,7,9-10,22H2,1-2H3,(H3,23,25,26,27,28)/b12-8-/t13-,14-,15+. The van der Waals surface area contributed by atoms with Crippen LogP contribution in [0.15, 0.2) is 18.0 Å². The molecular weight excluding hydrogens is 380 g/mol. The van der Waals surface area contributed by atoms with E-state index in [0.29, 0.717) is 41.6 Å². The van der Waals surface area contributed by atoms with Crippen LogP contribution in [0.2, 0.25) is 0 Å². The van der Waals surface area contributed by atoms with Gasteiger partial charge in [0.2, 0.25) is 5.95 Å². The number of hydrogen-bond donors (Lipinski definition) is 4. The fourth-order valence-corrected chi connectivity index (χ4v) is 4.69. The molecule has 0 radical (unpaired) electrons. The van der Waals surface area contributed by atoms with E-state index >= 15 is 0 Å². The molecule has 10 heteroatoms. The van der Waals surface area contributed by atoms with E-state index < -0.39 is 0 Å². The van der Waals surface area contributed by atoms with Gasteiger partial charge < -0.3 is 16.4 Å². The number of amidine groups is 1. The number of hydrogen-bond acceptors (Lipinski definition) is 8. The number of aryl methyl sites for hydroxylation is 1. The molecule has 2 aromatic heterocycles. The summed E-state index contributed by atoms with van der Waals surface area (Å²) >= 11 is 0. The number of nitriles is 1. The van der Waals surface area contributed by atoms with Gasteiger partial charge in [-0.25, -0.2) is 0 Å². The highest BCUT2D eigenvalue weighted by molar-refractivity contribution is 6.05. The SMILES string of the molecule is C/C(N)=C/C(=N)Nc1nc(N[C@@H]2C[C@H]3CC[C@@H](C2)N3CCC#N)nc2c1cnn2C. The Bertz CT molecular complexity index is 998. The summed E-state index contributed by atoms with van der Waals surface area (Å²) in [4.78, 5) is 11.8. The fourth-order valence-electron chi connectivity index (χ4n) is 4.69. The third-order valence-corrected chi connectivity index (χ3v) is 5.92. The minimum Gasteiger partial charge on any atom is -0.402 e.